The van der Waals surface area contributed by atoms with Crippen LogP contribution in [0.25, 0.3) is 10.9 Å². The number of aliphatic hydroxyl groups is 2. The highest BCUT2D eigenvalue weighted by Gasteiger charge is 2.42. The number of rotatable bonds is 16. The number of phenols is 1. The summed E-state index contributed by atoms with van der Waals surface area (Å²) in [5.74, 6) is -0.196. The van der Waals surface area contributed by atoms with Gasteiger partial charge in [-0.2, -0.15) is 0 Å². The van der Waals surface area contributed by atoms with Gasteiger partial charge in [-0.1, -0.05) is 90.5 Å². The highest BCUT2D eigenvalue weighted by atomic mass is 35.5. The molecule has 326 valence electrons. The summed E-state index contributed by atoms with van der Waals surface area (Å²) in [7, 11) is 0. The molecule has 0 aliphatic carbocycles. The number of aromatic nitrogens is 1. The minimum absolute atomic E-state index is 0.0566. The van der Waals surface area contributed by atoms with Crippen molar-refractivity contribution in [3.8, 4) is 17.2 Å². The molecule has 2 atom stereocenters. The van der Waals surface area contributed by atoms with Crippen LogP contribution in [0.3, 0.4) is 0 Å². The third-order valence-electron chi connectivity index (χ3n) is 11.6. The summed E-state index contributed by atoms with van der Waals surface area (Å²) in [6, 6.07) is 35.0. The van der Waals surface area contributed by atoms with Crippen LogP contribution in [0.4, 0.5) is 0 Å². The molecule has 1 aromatic heterocycles. The van der Waals surface area contributed by atoms with Crippen LogP contribution in [0.15, 0.2) is 126 Å². The molecule has 1 fully saturated rings. The summed E-state index contributed by atoms with van der Waals surface area (Å²) >= 11 is 6.56. The zero-order valence-electron chi connectivity index (χ0n) is 34.5. The average molecular weight is 873 g/mol. The van der Waals surface area contributed by atoms with E-state index in [0.717, 1.165) is 38.0 Å². The first kappa shape index (κ1) is 43.4. The zero-order valence-corrected chi connectivity index (χ0v) is 35.3. The number of amides is 1. The predicted octanol–water partition coefficient (Wildman–Crippen LogP) is 6.62. The number of likely N-dealkylation sites (tertiary alicyclic amines) is 1. The number of nitrogens with zero attached hydrogens (tertiary/aromatic N) is 2. The summed E-state index contributed by atoms with van der Waals surface area (Å²) in [5.41, 5.74) is 1.22. The van der Waals surface area contributed by atoms with Gasteiger partial charge in [-0.25, -0.2) is 4.79 Å². The maximum Gasteiger partial charge on any atom is 0.347 e. The summed E-state index contributed by atoms with van der Waals surface area (Å²) in [5, 5.41) is 38.7. The Labute approximate surface area is 369 Å². The highest BCUT2D eigenvalue weighted by molar-refractivity contribution is 6.34. The van der Waals surface area contributed by atoms with Crippen molar-refractivity contribution in [1.29, 1.82) is 0 Å². The number of aromatic amines is 1. The van der Waals surface area contributed by atoms with E-state index in [-0.39, 0.29) is 59.6 Å². The zero-order chi connectivity index (χ0) is 43.9. The van der Waals surface area contributed by atoms with Gasteiger partial charge >= 0.3 is 5.97 Å². The Balaban J connectivity index is 0.825. The number of aliphatic hydroxyl groups excluding tert-OH is 1. The van der Waals surface area contributed by atoms with Gasteiger partial charge in [-0.15, -0.1) is 5.06 Å². The Bertz CT molecular complexity index is 2620. The van der Waals surface area contributed by atoms with E-state index in [9.17, 15) is 29.7 Å². The number of fused-ring (bicyclic) bond motifs is 2. The van der Waals surface area contributed by atoms with Crippen molar-refractivity contribution >= 4 is 34.4 Å². The van der Waals surface area contributed by atoms with E-state index in [0.29, 0.717) is 46.5 Å². The number of piperidine rings is 1. The summed E-state index contributed by atoms with van der Waals surface area (Å²) in [6.07, 6.45) is 1.19. The van der Waals surface area contributed by atoms with Gasteiger partial charge < -0.3 is 39.9 Å². The fourth-order valence-corrected chi connectivity index (χ4v) is 8.46. The van der Waals surface area contributed by atoms with E-state index >= 15 is 0 Å². The molecule has 2 aliphatic heterocycles. The minimum atomic E-state index is -2.07. The Hall–Kier alpha value is -6.22. The number of benzene rings is 5. The largest absolute Gasteiger partial charge is 0.506 e. The van der Waals surface area contributed by atoms with Crippen molar-refractivity contribution in [3.63, 3.8) is 0 Å². The van der Waals surface area contributed by atoms with Crippen LogP contribution in [0.2, 0.25) is 5.02 Å². The SMILES string of the molecule is O=C(NCCCOc1cccc([C@](O)(C(=O)OCC2CCN(Cc3ccccc3)CC2)c2ccccc2)c1)c1cc2c(cc1Cl)CN(C[C@H](O)c1ccc(O)c3[nH]c(=O)ccc13)O2. The normalized spacial score (nSPS) is 15.9. The molecule has 3 heterocycles. The van der Waals surface area contributed by atoms with E-state index in [1.165, 1.54) is 17.7 Å². The molecule has 6 aromatic rings. The van der Waals surface area contributed by atoms with Gasteiger partial charge in [0.15, 0.2) is 5.75 Å². The molecular weight excluding hydrogens is 824 g/mol. The van der Waals surface area contributed by atoms with Gasteiger partial charge in [0.2, 0.25) is 11.2 Å². The lowest BCUT2D eigenvalue weighted by molar-refractivity contribution is -0.164. The maximum absolute atomic E-state index is 13.9. The molecule has 13 nitrogen and oxygen atoms in total. The number of H-pyrrole nitrogens is 1. The molecule has 63 heavy (non-hydrogen) atoms. The second kappa shape index (κ2) is 19.4. The molecule has 0 saturated carbocycles. The van der Waals surface area contributed by atoms with Crippen LogP contribution >= 0.6 is 11.6 Å². The Morgan fingerprint density at radius 1 is 0.921 bits per heavy atom. The summed E-state index contributed by atoms with van der Waals surface area (Å²) in [4.78, 5) is 49.9. The maximum atomic E-state index is 13.9. The molecule has 1 saturated heterocycles. The molecular formula is C49H49ClN4O9. The molecule has 0 unspecified atom stereocenters. The van der Waals surface area contributed by atoms with Crippen molar-refractivity contribution in [1.82, 2.24) is 20.3 Å². The van der Waals surface area contributed by atoms with Crippen LogP contribution in [-0.4, -0.2) is 81.5 Å². The van der Waals surface area contributed by atoms with E-state index in [1.54, 1.807) is 77.9 Å². The molecule has 0 spiro atoms. The third-order valence-corrected chi connectivity index (χ3v) is 11.9. The second-order valence-corrected chi connectivity index (χ2v) is 16.4. The van der Waals surface area contributed by atoms with Crippen LogP contribution in [0, 0.1) is 5.92 Å². The van der Waals surface area contributed by atoms with Crippen molar-refractivity contribution in [2.45, 2.75) is 44.1 Å². The van der Waals surface area contributed by atoms with Gasteiger partial charge in [0.25, 0.3) is 5.91 Å². The number of aromatic hydroxyl groups is 1. The standard InChI is InChI=1S/C49H49ClN4O9/c50-41-25-34-29-54(30-43(56)38-15-17-42(55)46-39(38)16-18-45(57)52-46)63-44(34)27-40(41)47(58)51-21-8-24-61-37-14-7-13-36(26-37)49(60,35-11-5-2-6-12-35)48(59)62-31-33-19-22-53(23-20-33)28-32-9-3-1-4-10-32/h1-7,9-18,25-27,33,43,55-56,60H,8,19-24,28-31H2,(H,51,58)(H,52,57)/t43-,49-/m0/s1. The van der Waals surface area contributed by atoms with Crippen molar-refractivity contribution in [2.24, 2.45) is 5.92 Å². The lowest BCUT2D eigenvalue weighted by Gasteiger charge is -2.33. The highest BCUT2D eigenvalue weighted by Crippen LogP contribution is 2.37. The van der Waals surface area contributed by atoms with Gasteiger partial charge in [0, 0.05) is 35.7 Å². The van der Waals surface area contributed by atoms with Crippen LogP contribution < -0.4 is 20.5 Å². The Morgan fingerprint density at radius 2 is 1.67 bits per heavy atom. The number of nitrogens with one attached hydrogen (secondary N) is 2. The number of pyridine rings is 1. The number of carbonyl (C=O) groups is 2. The summed E-state index contributed by atoms with van der Waals surface area (Å²) < 4.78 is 11.9. The van der Waals surface area contributed by atoms with Crippen LogP contribution in [0.1, 0.15) is 63.5 Å². The molecule has 0 bridgehead atoms. The van der Waals surface area contributed by atoms with E-state index in [2.05, 4.69) is 27.3 Å². The van der Waals surface area contributed by atoms with Gasteiger partial charge in [0.1, 0.15) is 11.5 Å². The average Bonchev–Trinajstić information content (AvgIpc) is 3.69. The first-order valence-electron chi connectivity index (χ1n) is 21.1. The quantitative estimate of drug-likeness (QED) is 0.0523. The van der Waals surface area contributed by atoms with E-state index in [4.69, 9.17) is 25.9 Å². The molecule has 5 aromatic carbocycles. The molecule has 1 amide bonds. The number of esters is 1. The van der Waals surface area contributed by atoms with Gasteiger partial charge in [0.05, 0.1) is 48.5 Å². The van der Waals surface area contributed by atoms with E-state index in [1.807, 2.05) is 24.3 Å². The molecule has 5 N–H and O–H groups in total. The lowest BCUT2D eigenvalue weighted by Crippen LogP contribution is -2.40. The third kappa shape index (κ3) is 10.0. The smallest absolute Gasteiger partial charge is 0.347 e. The fraction of sp³-hybridized carbons (Fsp3) is 0.286. The summed E-state index contributed by atoms with van der Waals surface area (Å²) in [6.45, 7) is 3.77. The van der Waals surface area contributed by atoms with E-state index < -0.39 is 23.6 Å². The first-order chi connectivity index (χ1) is 30.5. The fourth-order valence-electron chi connectivity index (χ4n) is 8.18. The van der Waals surface area contributed by atoms with Crippen molar-refractivity contribution in [3.05, 3.63) is 170 Å². The van der Waals surface area contributed by atoms with Crippen LogP contribution in [0.5, 0.6) is 17.2 Å². The predicted molar refractivity (Wildman–Crippen MR) is 237 cm³/mol. The number of β-amino-alcohol motifs (C(OH)–C–C–N with tert-alkyl or cyclic N) is 1. The molecule has 8 rings (SSSR count). The number of hydroxylamine groups is 2. The number of phenolic OH excluding ortho intramolecular Hbond substituents is 1. The van der Waals surface area contributed by atoms with Crippen LogP contribution in [-0.2, 0) is 28.2 Å². The Morgan fingerprint density at radius 3 is 2.44 bits per heavy atom. The second-order valence-electron chi connectivity index (χ2n) is 16.0. The Kier molecular flexibility index (Phi) is 13.4. The number of hydrogen-bond acceptors (Lipinski definition) is 11. The monoisotopic (exact) mass is 872 g/mol. The van der Waals surface area contributed by atoms with Gasteiger partial charge in [-0.05, 0) is 91.4 Å². The number of hydrogen-bond donors (Lipinski definition) is 5. The topological polar surface area (TPSA) is 174 Å². The van der Waals surface area contributed by atoms with Crippen molar-refractivity contribution in [2.75, 3.05) is 39.4 Å². The number of ether oxygens (including phenoxy) is 2. The van der Waals surface area contributed by atoms with Crippen molar-refractivity contribution < 1.29 is 39.2 Å². The number of carbonyl (C=O) groups excluding carboxylic acids is 2. The molecule has 2 aliphatic rings. The lowest BCUT2D eigenvalue weighted by atomic mass is 9.86. The molecule has 0 radical (unpaired) electrons. The van der Waals surface area contributed by atoms with Gasteiger partial charge in [-0.3, -0.25) is 14.5 Å². The number of halogens is 1. The first-order valence-corrected chi connectivity index (χ1v) is 21.4. The molecule has 14 heteroatoms. The minimum Gasteiger partial charge on any atom is -0.506 e.